The van der Waals surface area contributed by atoms with Gasteiger partial charge in [-0.1, -0.05) is 0 Å². The number of hydrogen-bond donors (Lipinski definition) is 1. The number of fused-ring (bicyclic) bond motifs is 2. The van der Waals surface area contributed by atoms with Crippen molar-refractivity contribution in [2.75, 3.05) is 7.05 Å². The van der Waals surface area contributed by atoms with Gasteiger partial charge in [0.2, 0.25) is 0 Å². The van der Waals surface area contributed by atoms with Crippen LogP contribution in [0.2, 0.25) is 0 Å². The van der Waals surface area contributed by atoms with Crippen LogP contribution >= 0.6 is 0 Å². The Morgan fingerprint density at radius 1 is 0.969 bits per heavy atom. The third-order valence-corrected chi connectivity index (χ3v) is 6.45. The maximum Gasteiger partial charge on any atom is 0.308 e. The quantitative estimate of drug-likeness (QED) is 0.366. The van der Waals surface area contributed by atoms with E-state index in [0.29, 0.717) is 18.6 Å². The van der Waals surface area contributed by atoms with E-state index in [9.17, 15) is 19.2 Å². The number of carboxylic acids is 1. The summed E-state index contributed by atoms with van der Waals surface area (Å²) in [6.07, 6.45) is 2.98. The second-order valence-electron chi connectivity index (χ2n) is 8.84. The largest absolute Gasteiger partial charge is 0.481 e. The zero-order chi connectivity index (χ0) is 23.5. The van der Waals surface area contributed by atoms with E-state index in [-0.39, 0.29) is 30.4 Å². The van der Waals surface area contributed by atoms with Crippen LogP contribution in [0.5, 0.6) is 11.5 Å². The second kappa shape index (κ2) is 9.68. The van der Waals surface area contributed by atoms with Crippen LogP contribution in [0.1, 0.15) is 57.9 Å². The summed E-state index contributed by atoms with van der Waals surface area (Å²) in [7, 11) is 2.19. The highest BCUT2D eigenvalue weighted by atomic mass is 16.6. The highest BCUT2D eigenvalue weighted by molar-refractivity contribution is 5.76. The number of esters is 3. The fourth-order valence-corrected chi connectivity index (χ4v) is 5.02. The van der Waals surface area contributed by atoms with Crippen molar-refractivity contribution in [1.29, 1.82) is 0 Å². The molecule has 2 aliphatic heterocycles. The lowest BCUT2D eigenvalue weighted by Gasteiger charge is -2.47. The molecule has 1 N–H and O–H groups in total. The molecule has 2 aliphatic rings. The minimum atomic E-state index is -1.01. The molecule has 0 aliphatic carbocycles. The van der Waals surface area contributed by atoms with E-state index in [4.69, 9.17) is 19.3 Å². The van der Waals surface area contributed by atoms with Gasteiger partial charge in [0.25, 0.3) is 0 Å². The first kappa shape index (κ1) is 23.7. The summed E-state index contributed by atoms with van der Waals surface area (Å²) >= 11 is 0. The minimum absolute atomic E-state index is 0.110. The number of piperidine rings is 1. The Morgan fingerprint density at radius 2 is 1.56 bits per heavy atom. The number of quaternary nitrogens is 1. The zero-order valence-corrected chi connectivity index (χ0v) is 18.7. The number of hydrogen-bond acceptors (Lipinski definition) is 7. The summed E-state index contributed by atoms with van der Waals surface area (Å²) in [5.41, 5.74) is 0.952. The van der Waals surface area contributed by atoms with Crippen molar-refractivity contribution in [2.45, 2.75) is 77.1 Å². The van der Waals surface area contributed by atoms with Crippen molar-refractivity contribution in [1.82, 2.24) is 0 Å². The van der Waals surface area contributed by atoms with E-state index in [1.54, 1.807) is 12.1 Å². The number of rotatable bonds is 8. The van der Waals surface area contributed by atoms with E-state index < -0.39 is 23.9 Å². The molecular weight excluding hydrogens is 418 g/mol. The molecule has 0 saturated carbocycles. The average molecular weight is 448 g/mol. The number of carboxylic acid groups (broad SMARTS) is 1. The van der Waals surface area contributed by atoms with Crippen molar-refractivity contribution < 1.29 is 43.0 Å². The summed E-state index contributed by atoms with van der Waals surface area (Å²) in [6.45, 7) is 3.28. The van der Waals surface area contributed by atoms with Gasteiger partial charge in [0, 0.05) is 45.1 Å². The molecule has 2 bridgehead atoms. The molecule has 9 heteroatoms. The molecule has 174 valence electrons. The van der Waals surface area contributed by atoms with Gasteiger partial charge in [0.05, 0.1) is 32.0 Å². The molecule has 0 spiro atoms. The molecule has 1 aromatic rings. The molecule has 0 aromatic heterocycles. The summed E-state index contributed by atoms with van der Waals surface area (Å²) in [5.74, 6) is -2.05. The number of ether oxygens (including phenoxy) is 3. The first-order valence-corrected chi connectivity index (χ1v) is 10.8. The maximum atomic E-state index is 12.0. The molecule has 9 nitrogen and oxygen atoms in total. The van der Waals surface area contributed by atoms with Crippen LogP contribution in [0.25, 0.3) is 0 Å². The van der Waals surface area contributed by atoms with E-state index in [0.717, 1.165) is 35.7 Å². The summed E-state index contributed by atoms with van der Waals surface area (Å²) in [6, 6.07) is 5.85. The van der Waals surface area contributed by atoms with Gasteiger partial charge < -0.3 is 23.8 Å². The summed E-state index contributed by atoms with van der Waals surface area (Å²) in [4.78, 5) is 45.5. The average Bonchev–Trinajstić information content (AvgIpc) is 2.85. The molecule has 2 unspecified atom stereocenters. The van der Waals surface area contributed by atoms with E-state index in [2.05, 4.69) is 7.05 Å². The van der Waals surface area contributed by atoms with Crippen LogP contribution < -0.4 is 9.47 Å². The standard InChI is InChI=1S/C23H29NO8/c1-14(25)30-20-7-4-16(10-21(20)31-15(2)26)13-24(3)17-5-6-18(24)12-19(11-17)32-23(29)9-8-22(27)28/h4,7,10,17-19H,5-6,8-9,11-13H2,1-3H3/p+1/t17-,18+,19?,24?. The summed E-state index contributed by atoms with van der Waals surface area (Å²) < 4.78 is 16.8. The van der Waals surface area contributed by atoms with Gasteiger partial charge in [-0.15, -0.1) is 0 Å². The molecule has 1 aromatic carbocycles. The van der Waals surface area contributed by atoms with Gasteiger partial charge in [0.15, 0.2) is 11.5 Å². The van der Waals surface area contributed by atoms with Crippen LogP contribution in [0.4, 0.5) is 0 Å². The SMILES string of the molecule is CC(=O)Oc1ccc(C[N+]2(C)[C@@H]3CC[C@H]2CC(OC(=O)CCC(=O)O)C3)cc1OC(C)=O. The Morgan fingerprint density at radius 3 is 2.12 bits per heavy atom. The molecule has 4 atom stereocenters. The number of carbonyl (C=O) groups excluding carboxylic acids is 3. The fraction of sp³-hybridized carbons (Fsp3) is 0.565. The van der Waals surface area contributed by atoms with Gasteiger partial charge in [-0.2, -0.15) is 0 Å². The van der Waals surface area contributed by atoms with Crippen molar-refractivity contribution in [3.05, 3.63) is 23.8 Å². The highest BCUT2D eigenvalue weighted by Crippen LogP contribution is 2.44. The number of nitrogens with zero attached hydrogens (tertiary/aromatic N) is 1. The van der Waals surface area contributed by atoms with Gasteiger partial charge in [0.1, 0.15) is 12.6 Å². The molecular formula is C23H30NO8+. The molecule has 0 amide bonds. The lowest BCUT2D eigenvalue weighted by molar-refractivity contribution is -0.961. The monoisotopic (exact) mass is 448 g/mol. The first-order valence-electron chi connectivity index (χ1n) is 10.8. The zero-order valence-electron chi connectivity index (χ0n) is 18.7. The van der Waals surface area contributed by atoms with E-state index in [1.807, 2.05) is 6.07 Å². The Hall–Kier alpha value is -2.94. The number of benzene rings is 1. The van der Waals surface area contributed by atoms with E-state index >= 15 is 0 Å². The highest BCUT2D eigenvalue weighted by Gasteiger charge is 2.52. The predicted molar refractivity (Wildman–Crippen MR) is 112 cm³/mol. The van der Waals surface area contributed by atoms with Crippen molar-refractivity contribution in [2.24, 2.45) is 0 Å². The van der Waals surface area contributed by atoms with Gasteiger partial charge >= 0.3 is 23.9 Å². The van der Waals surface area contributed by atoms with Crippen LogP contribution in [0, 0.1) is 0 Å². The molecule has 32 heavy (non-hydrogen) atoms. The van der Waals surface area contributed by atoms with Gasteiger partial charge in [-0.3, -0.25) is 19.2 Å². The molecule has 0 radical (unpaired) electrons. The Labute approximate surface area is 186 Å². The minimum Gasteiger partial charge on any atom is -0.481 e. The third kappa shape index (κ3) is 5.64. The van der Waals surface area contributed by atoms with Crippen molar-refractivity contribution in [3.8, 4) is 11.5 Å². The summed E-state index contributed by atoms with van der Waals surface area (Å²) in [5, 5.41) is 8.74. The molecule has 3 rings (SSSR count). The van der Waals surface area contributed by atoms with E-state index in [1.165, 1.54) is 13.8 Å². The normalized spacial score (nSPS) is 26.3. The third-order valence-electron chi connectivity index (χ3n) is 6.45. The molecule has 2 fully saturated rings. The number of carbonyl (C=O) groups is 4. The molecule has 2 saturated heterocycles. The van der Waals surface area contributed by atoms with Crippen LogP contribution in [-0.4, -0.2) is 58.7 Å². The first-order chi connectivity index (χ1) is 15.1. The maximum absolute atomic E-state index is 12.0. The second-order valence-corrected chi connectivity index (χ2v) is 8.84. The number of aliphatic carboxylic acids is 1. The lowest BCUT2D eigenvalue weighted by Crippen LogP contribution is -2.58. The van der Waals surface area contributed by atoms with Crippen LogP contribution in [0.3, 0.4) is 0 Å². The smallest absolute Gasteiger partial charge is 0.308 e. The Bertz CT molecular complexity index is 897. The van der Waals surface area contributed by atoms with Crippen molar-refractivity contribution in [3.63, 3.8) is 0 Å². The predicted octanol–water partition coefficient (Wildman–Crippen LogP) is 2.59. The Balaban J connectivity index is 1.70. The van der Waals surface area contributed by atoms with Crippen molar-refractivity contribution >= 4 is 23.9 Å². The molecule has 2 heterocycles. The van der Waals surface area contributed by atoms with Gasteiger partial charge in [-0.25, -0.2) is 0 Å². The van der Waals surface area contributed by atoms with Crippen LogP contribution in [0.15, 0.2) is 18.2 Å². The fourth-order valence-electron chi connectivity index (χ4n) is 5.02. The van der Waals surface area contributed by atoms with Crippen LogP contribution in [-0.2, 0) is 30.5 Å². The lowest BCUT2D eigenvalue weighted by atomic mass is 9.95. The Kier molecular flexibility index (Phi) is 7.18. The van der Waals surface area contributed by atoms with Gasteiger partial charge in [-0.05, 0) is 18.2 Å². The topological polar surface area (TPSA) is 116 Å².